The van der Waals surface area contributed by atoms with E-state index in [0.29, 0.717) is 32.2 Å². The van der Waals surface area contributed by atoms with Crippen LogP contribution in [0.3, 0.4) is 0 Å². The van der Waals surface area contributed by atoms with Crippen LogP contribution in [0.1, 0.15) is 32.1 Å². The van der Waals surface area contributed by atoms with Crippen LogP contribution in [0, 0.1) is 5.92 Å². The van der Waals surface area contributed by atoms with Crippen molar-refractivity contribution in [2.24, 2.45) is 11.7 Å². The molecule has 17 heavy (non-hydrogen) atoms. The number of hydrogen-bond acceptors (Lipinski definition) is 4. The Morgan fingerprint density at radius 2 is 2.18 bits per heavy atom. The zero-order valence-electron chi connectivity index (χ0n) is 9.65. The first kappa shape index (κ1) is 13.6. The first-order chi connectivity index (χ1) is 8.06. The van der Waals surface area contributed by atoms with E-state index in [4.69, 9.17) is 10.8 Å². The van der Waals surface area contributed by atoms with Crippen molar-refractivity contribution in [1.82, 2.24) is 5.32 Å². The fourth-order valence-electron chi connectivity index (χ4n) is 1.95. The van der Waals surface area contributed by atoms with Crippen molar-refractivity contribution in [3.05, 3.63) is 0 Å². The number of rotatable bonds is 7. The Kier molecular flexibility index (Phi) is 5.09. The lowest BCUT2D eigenvalue weighted by molar-refractivity contribution is -0.147. The molecule has 0 saturated carbocycles. The number of carboxylic acid groups (broad SMARTS) is 1. The van der Waals surface area contributed by atoms with Gasteiger partial charge in [0.15, 0.2) is 5.78 Å². The fourth-order valence-corrected chi connectivity index (χ4v) is 1.95. The molecule has 0 aromatic rings. The van der Waals surface area contributed by atoms with Gasteiger partial charge in [0.25, 0.3) is 0 Å². The van der Waals surface area contributed by atoms with Gasteiger partial charge in [-0.05, 0) is 25.8 Å². The number of carbonyl (C=O) groups is 3. The first-order valence-electron chi connectivity index (χ1n) is 5.82. The molecule has 1 fully saturated rings. The van der Waals surface area contributed by atoms with Crippen LogP contribution in [0.4, 0.5) is 0 Å². The molecule has 0 bridgehead atoms. The third-order valence-electron chi connectivity index (χ3n) is 2.93. The Labute approximate surface area is 99.6 Å². The summed E-state index contributed by atoms with van der Waals surface area (Å²) in [6, 6.07) is -0.624. The van der Waals surface area contributed by atoms with E-state index in [2.05, 4.69) is 5.32 Å². The number of Topliss-reactive ketones (excluding diaryl/α,β-unsaturated/α-hetero) is 1. The molecule has 0 aliphatic carbocycles. The van der Waals surface area contributed by atoms with Gasteiger partial charge in [0, 0.05) is 6.42 Å². The van der Waals surface area contributed by atoms with Crippen molar-refractivity contribution in [2.75, 3.05) is 6.54 Å². The topological polar surface area (TPSA) is 109 Å². The van der Waals surface area contributed by atoms with Crippen molar-refractivity contribution < 1.29 is 19.5 Å². The Bertz CT molecular complexity index is 317. The molecule has 0 spiro atoms. The molecule has 4 N–H and O–H groups in total. The molecule has 0 radical (unpaired) electrons. The predicted octanol–water partition coefficient (Wildman–Crippen LogP) is -0.336. The molecule has 6 nitrogen and oxygen atoms in total. The molecule has 0 aromatic carbocycles. The largest absolute Gasteiger partial charge is 0.481 e. The Morgan fingerprint density at radius 1 is 1.47 bits per heavy atom. The highest BCUT2D eigenvalue weighted by Gasteiger charge is 2.35. The van der Waals surface area contributed by atoms with E-state index in [-0.39, 0.29) is 18.1 Å². The number of hydrogen-bond donors (Lipinski definition) is 3. The summed E-state index contributed by atoms with van der Waals surface area (Å²) in [4.78, 5) is 33.9. The molecule has 1 unspecified atom stereocenters. The zero-order chi connectivity index (χ0) is 12.8. The van der Waals surface area contributed by atoms with E-state index in [1.807, 2.05) is 0 Å². The number of amides is 1. The van der Waals surface area contributed by atoms with Crippen LogP contribution in [-0.2, 0) is 14.4 Å². The van der Waals surface area contributed by atoms with E-state index in [1.54, 1.807) is 0 Å². The maximum absolute atomic E-state index is 11.9. The molecule has 2 atom stereocenters. The van der Waals surface area contributed by atoms with Gasteiger partial charge in [-0.1, -0.05) is 6.42 Å². The summed E-state index contributed by atoms with van der Waals surface area (Å²) in [6.07, 6.45) is 2.30. The smallest absolute Gasteiger partial charge is 0.314 e. The van der Waals surface area contributed by atoms with E-state index in [9.17, 15) is 14.4 Å². The van der Waals surface area contributed by atoms with Gasteiger partial charge in [0.2, 0.25) is 5.91 Å². The Morgan fingerprint density at radius 3 is 2.65 bits per heavy atom. The number of carboxylic acids is 1. The quantitative estimate of drug-likeness (QED) is 0.418. The van der Waals surface area contributed by atoms with Gasteiger partial charge in [-0.2, -0.15) is 0 Å². The number of nitrogens with one attached hydrogen (secondary N) is 1. The third-order valence-corrected chi connectivity index (χ3v) is 2.93. The molecule has 96 valence electrons. The second-order valence-electron chi connectivity index (χ2n) is 4.24. The van der Waals surface area contributed by atoms with Crippen molar-refractivity contribution >= 4 is 17.7 Å². The van der Waals surface area contributed by atoms with E-state index in [0.717, 1.165) is 0 Å². The lowest BCUT2D eigenvalue weighted by Crippen LogP contribution is -2.40. The summed E-state index contributed by atoms with van der Waals surface area (Å²) in [5.74, 6) is -2.71. The van der Waals surface area contributed by atoms with E-state index in [1.165, 1.54) is 0 Å². The number of carbonyl (C=O) groups excluding carboxylic acids is 2. The van der Waals surface area contributed by atoms with Gasteiger partial charge in [-0.25, -0.2) is 0 Å². The van der Waals surface area contributed by atoms with E-state index >= 15 is 0 Å². The predicted molar refractivity (Wildman–Crippen MR) is 60.2 cm³/mol. The summed E-state index contributed by atoms with van der Waals surface area (Å²) < 4.78 is 0. The summed E-state index contributed by atoms with van der Waals surface area (Å²) in [6.45, 7) is 0.487. The zero-order valence-corrected chi connectivity index (χ0v) is 9.65. The van der Waals surface area contributed by atoms with Crippen molar-refractivity contribution in [1.29, 1.82) is 0 Å². The van der Waals surface area contributed by atoms with E-state index < -0.39 is 17.9 Å². The average Bonchev–Trinajstić information content (AvgIpc) is 2.70. The van der Waals surface area contributed by atoms with Crippen LogP contribution in [0.15, 0.2) is 0 Å². The van der Waals surface area contributed by atoms with Crippen molar-refractivity contribution in [2.45, 2.75) is 38.1 Å². The Hall–Kier alpha value is -1.43. The number of nitrogens with two attached hydrogens (primary N) is 1. The number of ketones is 1. The minimum absolute atomic E-state index is 0.186. The molecule has 0 aromatic heterocycles. The SMILES string of the molecule is NCCCCC(C(=O)O)C(=O)[C@@H]1CCC(=O)N1. The molecule has 1 heterocycles. The highest BCUT2D eigenvalue weighted by Crippen LogP contribution is 2.17. The maximum atomic E-state index is 11.9. The molecular formula is C11H18N2O4. The minimum atomic E-state index is -1.12. The third kappa shape index (κ3) is 3.81. The van der Waals surface area contributed by atoms with Gasteiger partial charge < -0.3 is 16.2 Å². The van der Waals surface area contributed by atoms with Crippen LogP contribution < -0.4 is 11.1 Å². The van der Waals surface area contributed by atoms with Gasteiger partial charge >= 0.3 is 5.97 Å². The molecular weight excluding hydrogens is 224 g/mol. The standard InChI is InChI=1S/C11H18N2O4/c12-6-2-1-3-7(11(16)17)10(15)8-4-5-9(14)13-8/h7-8H,1-6,12H2,(H,13,14)(H,16,17)/t7?,8-/m0/s1. The normalized spacial score (nSPS) is 21.0. The summed E-state index contributed by atoms with van der Waals surface area (Å²) in [5, 5.41) is 11.5. The van der Waals surface area contributed by atoms with Gasteiger partial charge in [0.1, 0.15) is 5.92 Å². The summed E-state index contributed by atoms with van der Waals surface area (Å²) in [5.41, 5.74) is 5.32. The fraction of sp³-hybridized carbons (Fsp3) is 0.727. The molecule has 6 heteroatoms. The van der Waals surface area contributed by atoms with Crippen molar-refractivity contribution in [3.63, 3.8) is 0 Å². The second kappa shape index (κ2) is 6.34. The summed E-state index contributed by atoms with van der Waals surface area (Å²) >= 11 is 0. The summed E-state index contributed by atoms with van der Waals surface area (Å²) in [7, 11) is 0. The number of aliphatic carboxylic acids is 1. The first-order valence-corrected chi connectivity index (χ1v) is 5.82. The second-order valence-corrected chi connectivity index (χ2v) is 4.24. The molecule has 1 aliphatic rings. The molecule has 1 saturated heterocycles. The van der Waals surface area contributed by atoms with Gasteiger partial charge in [-0.15, -0.1) is 0 Å². The monoisotopic (exact) mass is 242 g/mol. The molecule has 1 aliphatic heterocycles. The van der Waals surface area contributed by atoms with Crippen molar-refractivity contribution in [3.8, 4) is 0 Å². The van der Waals surface area contributed by atoms with Gasteiger partial charge in [0.05, 0.1) is 6.04 Å². The lowest BCUT2D eigenvalue weighted by atomic mass is 9.92. The highest BCUT2D eigenvalue weighted by molar-refractivity contribution is 6.03. The van der Waals surface area contributed by atoms with Crippen LogP contribution in [0.25, 0.3) is 0 Å². The Balaban J connectivity index is 2.54. The van der Waals surface area contributed by atoms with Crippen LogP contribution in [0.5, 0.6) is 0 Å². The van der Waals surface area contributed by atoms with Crippen LogP contribution >= 0.6 is 0 Å². The maximum Gasteiger partial charge on any atom is 0.314 e. The van der Waals surface area contributed by atoms with Crippen LogP contribution in [0.2, 0.25) is 0 Å². The molecule has 1 amide bonds. The van der Waals surface area contributed by atoms with Crippen LogP contribution in [-0.4, -0.2) is 35.4 Å². The minimum Gasteiger partial charge on any atom is -0.481 e. The highest BCUT2D eigenvalue weighted by atomic mass is 16.4. The van der Waals surface area contributed by atoms with Gasteiger partial charge in [-0.3, -0.25) is 14.4 Å². The lowest BCUT2D eigenvalue weighted by Gasteiger charge is -2.15. The average molecular weight is 242 g/mol. The number of unbranched alkanes of at least 4 members (excludes halogenated alkanes) is 1. The molecule has 1 rings (SSSR count).